The Balaban J connectivity index is 0.00000243. The Labute approximate surface area is 160 Å². The van der Waals surface area contributed by atoms with E-state index in [0.717, 1.165) is 31.9 Å². The van der Waals surface area contributed by atoms with Gasteiger partial charge in [0.05, 0.1) is 11.6 Å². The zero-order valence-corrected chi connectivity index (χ0v) is 15.4. The van der Waals surface area contributed by atoms with Gasteiger partial charge in [-0.3, -0.25) is 0 Å². The predicted molar refractivity (Wildman–Crippen MR) is 112 cm³/mol. The van der Waals surface area contributed by atoms with Gasteiger partial charge in [-0.2, -0.15) is 5.26 Å². The van der Waals surface area contributed by atoms with Crippen LogP contribution >= 0.6 is 12.4 Å². The molecule has 26 heavy (non-hydrogen) atoms. The fourth-order valence-corrected chi connectivity index (χ4v) is 2.78. The fourth-order valence-electron chi connectivity index (χ4n) is 2.78. The standard InChI is InChI=1S/C21H22N4.ClH/c22-16-17-5-3-8-19(15-17)24-13-11-23-12-14-25-21-10-4-7-18-6-1-2-9-20(18)21;/h1-10,15,23-25H,11-14H2;1H. The SMILES string of the molecule is Cl.N#Cc1cccc(NCCNCCNc2cccc3ccccc23)c1. The van der Waals surface area contributed by atoms with Crippen molar-refractivity contribution in [1.29, 1.82) is 5.26 Å². The molecule has 0 spiro atoms. The Morgan fingerprint density at radius 3 is 2.35 bits per heavy atom. The first-order valence-electron chi connectivity index (χ1n) is 8.53. The third kappa shape index (κ3) is 5.38. The molecule has 0 aliphatic carbocycles. The molecule has 3 aromatic carbocycles. The molecule has 0 saturated carbocycles. The number of hydrogen-bond acceptors (Lipinski definition) is 4. The minimum absolute atomic E-state index is 0. The number of hydrogen-bond donors (Lipinski definition) is 3. The van der Waals surface area contributed by atoms with E-state index in [-0.39, 0.29) is 12.4 Å². The van der Waals surface area contributed by atoms with Gasteiger partial charge in [-0.1, -0.05) is 42.5 Å². The van der Waals surface area contributed by atoms with Gasteiger partial charge in [0.15, 0.2) is 0 Å². The molecule has 0 amide bonds. The molecule has 3 aromatic rings. The number of anilines is 2. The van der Waals surface area contributed by atoms with E-state index in [0.29, 0.717) is 5.56 Å². The van der Waals surface area contributed by atoms with Gasteiger partial charge in [0.25, 0.3) is 0 Å². The summed E-state index contributed by atoms with van der Waals surface area (Å²) in [6, 6.07) is 24.4. The maximum absolute atomic E-state index is 8.89. The summed E-state index contributed by atoms with van der Waals surface area (Å²) in [6.07, 6.45) is 0. The first kappa shape index (κ1) is 19.6. The van der Waals surface area contributed by atoms with Crippen molar-refractivity contribution in [3.8, 4) is 6.07 Å². The number of nitrogens with zero attached hydrogens (tertiary/aromatic N) is 1. The number of halogens is 1. The largest absolute Gasteiger partial charge is 0.384 e. The average Bonchev–Trinajstić information content (AvgIpc) is 2.67. The van der Waals surface area contributed by atoms with Gasteiger partial charge >= 0.3 is 0 Å². The molecule has 0 atom stereocenters. The van der Waals surface area contributed by atoms with Crippen LogP contribution in [0, 0.1) is 11.3 Å². The summed E-state index contributed by atoms with van der Waals surface area (Å²) in [7, 11) is 0. The van der Waals surface area contributed by atoms with Crippen LogP contribution in [0.1, 0.15) is 5.56 Å². The van der Waals surface area contributed by atoms with E-state index in [2.05, 4.69) is 64.5 Å². The van der Waals surface area contributed by atoms with E-state index in [1.54, 1.807) is 0 Å². The summed E-state index contributed by atoms with van der Waals surface area (Å²) in [4.78, 5) is 0. The molecule has 0 fully saturated rings. The van der Waals surface area contributed by atoms with Crippen molar-refractivity contribution >= 4 is 34.6 Å². The van der Waals surface area contributed by atoms with Crippen molar-refractivity contribution in [2.24, 2.45) is 0 Å². The molecule has 0 aromatic heterocycles. The lowest BCUT2D eigenvalue weighted by atomic mass is 10.1. The summed E-state index contributed by atoms with van der Waals surface area (Å²) in [5.74, 6) is 0. The van der Waals surface area contributed by atoms with Gasteiger partial charge in [-0.05, 0) is 29.7 Å². The van der Waals surface area contributed by atoms with Gasteiger partial charge in [-0.25, -0.2) is 0 Å². The van der Waals surface area contributed by atoms with Gasteiger partial charge in [0.2, 0.25) is 0 Å². The topological polar surface area (TPSA) is 59.9 Å². The minimum Gasteiger partial charge on any atom is -0.384 e. The van der Waals surface area contributed by atoms with Crippen LogP contribution in [-0.4, -0.2) is 26.2 Å². The smallest absolute Gasteiger partial charge is 0.0992 e. The first-order valence-corrected chi connectivity index (χ1v) is 8.53. The maximum atomic E-state index is 8.89. The number of rotatable bonds is 8. The van der Waals surface area contributed by atoms with E-state index >= 15 is 0 Å². The van der Waals surface area contributed by atoms with Crippen molar-refractivity contribution in [2.75, 3.05) is 36.8 Å². The van der Waals surface area contributed by atoms with Crippen molar-refractivity contribution in [2.45, 2.75) is 0 Å². The highest BCUT2D eigenvalue weighted by Crippen LogP contribution is 2.22. The van der Waals surface area contributed by atoms with Crippen LogP contribution in [0.3, 0.4) is 0 Å². The molecule has 0 unspecified atom stereocenters. The molecular weight excluding hydrogens is 344 g/mol. The molecular formula is C21H23ClN4. The molecule has 0 radical (unpaired) electrons. The van der Waals surface area contributed by atoms with E-state index in [1.807, 2.05) is 24.3 Å². The fraction of sp³-hybridized carbons (Fsp3) is 0.190. The molecule has 3 N–H and O–H groups in total. The van der Waals surface area contributed by atoms with Gasteiger partial charge in [0, 0.05) is 42.9 Å². The predicted octanol–water partition coefficient (Wildman–Crippen LogP) is 4.25. The third-order valence-corrected chi connectivity index (χ3v) is 4.03. The zero-order chi connectivity index (χ0) is 17.3. The molecule has 3 rings (SSSR count). The summed E-state index contributed by atoms with van der Waals surface area (Å²) in [5.41, 5.74) is 2.83. The van der Waals surface area contributed by atoms with Crippen LogP contribution in [0.2, 0.25) is 0 Å². The quantitative estimate of drug-likeness (QED) is 0.522. The second kappa shape index (κ2) is 10.3. The first-order chi connectivity index (χ1) is 12.4. The van der Waals surface area contributed by atoms with Crippen molar-refractivity contribution in [1.82, 2.24) is 5.32 Å². The minimum atomic E-state index is 0. The van der Waals surface area contributed by atoms with Crippen LogP contribution in [0.25, 0.3) is 10.8 Å². The van der Waals surface area contributed by atoms with Crippen molar-refractivity contribution in [3.05, 3.63) is 72.3 Å². The lowest BCUT2D eigenvalue weighted by molar-refractivity contribution is 0.719. The van der Waals surface area contributed by atoms with Gasteiger partial charge in [-0.15, -0.1) is 12.4 Å². The van der Waals surface area contributed by atoms with E-state index in [1.165, 1.54) is 16.5 Å². The number of nitrogens with one attached hydrogen (secondary N) is 3. The van der Waals surface area contributed by atoms with Crippen LogP contribution in [0.15, 0.2) is 66.7 Å². The Morgan fingerprint density at radius 1 is 0.769 bits per heavy atom. The molecule has 5 heteroatoms. The summed E-state index contributed by atoms with van der Waals surface area (Å²) in [5, 5.41) is 21.6. The second-order valence-electron chi connectivity index (χ2n) is 5.82. The van der Waals surface area contributed by atoms with E-state index in [9.17, 15) is 0 Å². The molecule has 0 aliphatic heterocycles. The van der Waals surface area contributed by atoms with Crippen molar-refractivity contribution in [3.63, 3.8) is 0 Å². The Kier molecular flexibility index (Phi) is 7.75. The highest BCUT2D eigenvalue weighted by Gasteiger charge is 1.99. The van der Waals surface area contributed by atoms with E-state index < -0.39 is 0 Å². The lowest BCUT2D eigenvalue weighted by Gasteiger charge is -2.11. The Hall–Kier alpha value is -2.74. The average molecular weight is 367 g/mol. The van der Waals surface area contributed by atoms with Crippen LogP contribution < -0.4 is 16.0 Å². The summed E-state index contributed by atoms with van der Waals surface area (Å²) < 4.78 is 0. The zero-order valence-electron chi connectivity index (χ0n) is 14.5. The second-order valence-corrected chi connectivity index (χ2v) is 5.82. The van der Waals surface area contributed by atoms with Crippen molar-refractivity contribution < 1.29 is 0 Å². The Morgan fingerprint density at radius 2 is 1.50 bits per heavy atom. The Bertz CT molecular complexity index is 868. The van der Waals surface area contributed by atoms with E-state index in [4.69, 9.17) is 5.26 Å². The molecule has 0 heterocycles. The summed E-state index contributed by atoms with van der Waals surface area (Å²) >= 11 is 0. The van der Waals surface area contributed by atoms with Crippen LogP contribution in [-0.2, 0) is 0 Å². The highest BCUT2D eigenvalue weighted by molar-refractivity contribution is 5.93. The molecule has 0 saturated heterocycles. The third-order valence-electron chi connectivity index (χ3n) is 4.03. The number of nitriles is 1. The maximum Gasteiger partial charge on any atom is 0.0992 e. The van der Waals surface area contributed by atoms with Gasteiger partial charge < -0.3 is 16.0 Å². The molecule has 0 aliphatic rings. The van der Waals surface area contributed by atoms with Crippen LogP contribution in [0.4, 0.5) is 11.4 Å². The number of fused-ring (bicyclic) bond motifs is 1. The van der Waals surface area contributed by atoms with Crippen LogP contribution in [0.5, 0.6) is 0 Å². The highest BCUT2D eigenvalue weighted by atomic mass is 35.5. The number of benzene rings is 3. The normalized spacial score (nSPS) is 9.96. The lowest BCUT2D eigenvalue weighted by Crippen LogP contribution is -2.27. The molecule has 0 bridgehead atoms. The van der Waals surface area contributed by atoms with Gasteiger partial charge in [0.1, 0.15) is 0 Å². The summed E-state index contributed by atoms with van der Waals surface area (Å²) in [6.45, 7) is 3.46. The molecule has 4 nitrogen and oxygen atoms in total. The monoisotopic (exact) mass is 366 g/mol. The molecule has 134 valence electrons.